The predicted octanol–water partition coefficient (Wildman–Crippen LogP) is 0.837. The van der Waals surface area contributed by atoms with Gasteiger partial charge in [0.15, 0.2) is 0 Å². The van der Waals surface area contributed by atoms with Crippen molar-refractivity contribution >= 4 is 21.7 Å². The lowest BCUT2D eigenvalue weighted by Gasteiger charge is -2.20. The van der Waals surface area contributed by atoms with Gasteiger partial charge in [0.1, 0.15) is 5.82 Å². The molecule has 0 saturated heterocycles. The molecule has 1 aromatic carbocycles. The first-order chi connectivity index (χ1) is 9.20. The number of methoxy groups -OCH3 is 1. The van der Waals surface area contributed by atoms with Gasteiger partial charge in [-0.3, -0.25) is 4.79 Å². The molecule has 0 radical (unpaired) electrons. The molecule has 1 unspecified atom stereocenters. The normalized spacial score (nSPS) is 13.2. The maximum absolute atomic E-state index is 13.1. The summed E-state index contributed by atoms with van der Waals surface area (Å²) in [6, 6.07) is 3.16. The second-order valence-corrected chi connectivity index (χ2v) is 6.44. The fourth-order valence-electron chi connectivity index (χ4n) is 1.62. The predicted molar refractivity (Wildman–Crippen MR) is 71.8 cm³/mol. The Hall–Kier alpha value is -1.67. The Morgan fingerprint density at radius 3 is 2.60 bits per heavy atom. The Morgan fingerprint density at radius 2 is 2.10 bits per heavy atom. The monoisotopic (exact) mass is 304 g/mol. The molecule has 8 heteroatoms. The lowest BCUT2D eigenvalue weighted by Crippen LogP contribution is -2.34. The summed E-state index contributed by atoms with van der Waals surface area (Å²) in [6.07, 6.45) is 0. The standard InChI is InChI=1S/C12H17FN2O4S/c1-8(12(16)19-3)7-15(2)20(17,18)9-4-5-10(13)11(14)6-9/h4-6,8H,7,14H2,1-3H3. The molecule has 0 aliphatic carbocycles. The first-order valence-corrected chi connectivity index (χ1v) is 7.23. The minimum absolute atomic E-state index is 0.0493. The number of ether oxygens (including phenoxy) is 1. The summed E-state index contributed by atoms with van der Waals surface area (Å²) in [7, 11) is -1.28. The van der Waals surface area contributed by atoms with E-state index < -0.39 is 27.7 Å². The van der Waals surface area contributed by atoms with Gasteiger partial charge < -0.3 is 10.5 Å². The van der Waals surface area contributed by atoms with E-state index >= 15 is 0 Å². The van der Waals surface area contributed by atoms with Crippen LogP contribution < -0.4 is 5.73 Å². The second kappa shape index (κ2) is 6.19. The highest BCUT2D eigenvalue weighted by Gasteiger charge is 2.25. The van der Waals surface area contributed by atoms with E-state index in [2.05, 4.69) is 4.74 Å². The molecule has 0 amide bonds. The van der Waals surface area contributed by atoms with Gasteiger partial charge in [-0.2, -0.15) is 0 Å². The van der Waals surface area contributed by atoms with E-state index in [1.165, 1.54) is 14.2 Å². The van der Waals surface area contributed by atoms with Crippen molar-refractivity contribution in [3.8, 4) is 0 Å². The number of hydrogen-bond acceptors (Lipinski definition) is 5. The van der Waals surface area contributed by atoms with Crippen LogP contribution in [-0.4, -0.2) is 39.4 Å². The maximum atomic E-state index is 13.1. The zero-order chi connectivity index (χ0) is 15.5. The Kier molecular flexibility index (Phi) is 5.07. The molecule has 1 rings (SSSR count). The molecule has 0 spiro atoms. The number of anilines is 1. The largest absolute Gasteiger partial charge is 0.469 e. The number of esters is 1. The van der Waals surface area contributed by atoms with Crippen LogP contribution in [0.1, 0.15) is 6.92 Å². The number of carbonyl (C=O) groups excluding carboxylic acids is 1. The van der Waals surface area contributed by atoms with Crippen molar-refractivity contribution in [3.05, 3.63) is 24.0 Å². The molecule has 0 saturated carbocycles. The third kappa shape index (κ3) is 3.45. The van der Waals surface area contributed by atoms with Crippen LogP contribution in [0.4, 0.5) is 10.1 Å². The minimum atomic E-state index is -3.84. The Morgan fingerprint density at radius 1 is 1.50 bits per heavy atom. The molecule has 112 valence electrons. The quantitative estimate of drug-likeness (QED) is 0.643. The van der Waals surface area contributed by atoms with E-state index in [0.717, 1.165) is 22.5 Å². The first kappa shape index (κ1) is 16.4. The zero-order valence-corrected chi connectivity index (χ0v) is 12.3. The van der Waals surface area contributed by atoms with Crippen molar-refractivity contribution in [3.63, 3.8) is 0 Å². The molecule has 1 atom stereocenters. The minimum Gasteiger partial charge on any atom is -0.469 e. The fraction of sp³-hybridized carbons (Fsp3) is 0.417. The maximum Gasteiger partial charge on any atom is 0.309 e. The van der Waals surface area contributed by atoms with Crippen LogP contribution in [0.2, 0.25) is 0 Å². The highest BCUT2D eigenvalue weighted by Crippen LogP contribution is 2.20. The highest BCUT2D eigenvalue weighted by molar-refractivity contribution is 7.89. The Balaban J connectivity index is 2.98. The number of nitrogens with two attached hydrogens (primary N) is 1. The number of nitrogens with zero attached hydrogens (tertiary/aromatic N) is 1. The van der Waals surface area contributed by atoms with Crippen LogP contribution in [0, 0.1) is 11.7 Å². The third-order valence-electron chi connectivity index (χ3n) is 2.81. The molecule has 6 nitrogen and oxygen atoms in total. The van der Waals surface area contributed by atoms with Gasteiger partial charge in [-0.15, -0.1) is 0 Å². The van der Waals surface area contributed by atoms with Gasteiger partial charge in [-0.25, -0.2) is 17.1 Å². The summed E-state index contributed by atoms with van der Waals surface area (Å²) in [6.45, 7) is 1.50. The van der Waals surface area contributed by atoms with Gasteiger partial charge in [-0.1, -0.05) is 6.92 Å². The van der Waals surface area contributed by atoms with Crippen LogP contribution in [0.25, 0.3) is 0 Å². The summed E-state index contributed by atoms with van der Waals surface area (Å²) in [4.78, 5) is 11.2. The first-order valence-electron chi connectivity index (χ1n) is 5.79. The number of carbonyl (C=O) groups is 1. The van der Waals surface area contributed by atoms with E-state index in [1.54, 1.807) is 6.92 Å². The fourth-order valence-corrected chi connectivity index (χ4v) is 2.92. The smallest absolute Gasteiger partial charge is 0.309 e. The summed E-state index contributed by atoms with van der Waals surface area (Å²) >= 11 is 0. The highest BCUT2D eigenvalue weighted by atomic mass is 32.2. The molecule has 0 aromatic heterocycles. The SMILES string of the molecule is COC(=O)C(C)CN(C)S(=O)(=O)c1ccc(F)c(N)c1. The molecule has 1 aromatic rings. The molecular weight excluding hydrogens is 287 g/mol. The average molecular weight is 304 g/mol. The third-order valence-corrected chi connectivity index (χ3v) is 4.63. The van der Waals surface area contributed by atoms with Crippen molar-refractivity contribution in [2.75, 3.05) is 26.4 Å². The van der Waals surface area contributed by atoms with E-state index in [9.17, 15) is 17.6 Å². The van der Waals surface area contributed by atoms with Gasteiger partial charge in [0.2, 0.25) is 10.0 Å². The molecule has 0 heterocycles. The van der Waals surface area contributed by atoms with Gasteiger partial charge in [-0.05, 0) is 18.2 Å². The van der Waals surface area contributed by atoms with Crippen molar-refractivity contribution in [1.29, 1.82) is 0 Å². The lowest BCUT2D eigenvalue weighted by atomic mass is 10.2. The van der Waals surface area contributed by atoms with Gasteiger partial charge >= 0.3 is 5.97 Å². The van der Waals surface area contributed by atoms with Crippen LogP contribution in [0.5, 0.6) is 0 Å². The van der Waals surface area contributed by atoms with Gasteiger partial charge in [0, 0.05) is 13.6 Å². The number of nitrogen functional groups attached to an aromatic ring is 1. The van der Waals surface area contributed by atoms with E-state index in [4.69, 9.17) is 5.73 Å². The van der Waals surface area contributed by atoms with Crippen molar-refractivity contribution in [2.45, 2.75) is 11.8 Å². The molecule has 2 N–H and O–H groups in total. The van der Waals surface area contributed by atoms with Gasteiger partial charge in [0.25, 0.3) is 0 Å². The van der Waals surface area contributed by atoms with Crippen LogP contribution in [0.15, 0.2) is 23.1 Å². The van der Waals surface area contributed by atoms with Crippen molar-refractivity contribution in [1.82, 2.24) is 4.31 Å². The summed E-state index contributed by atoms with van der Waals surface area (Å²) in [5.74, 6) is -1.81. The molecule has 0 aliphatic rings. The number of halogens is 1. The molecule has 0 aliphatic heterocycles. The van der Waals surface area contributed by atoms with Crippen LogP contribution in [-0.2, 0) is 19.6 Å². The average Bonchev–Trinajstić information content (AvgIpc) is 2.40. The molecule has 0 fully saturated rings. The number of benzene rings is 1. The van der Waals surface area contributed by atoms with Crippen molar-refractivity contribution < 1.29 is 22.3 Å². The van der Waals surface area contributed by atoms with E-state index in [1.807, 2.05) is 0 Å². The van der Waals surface area contributed by atoms with Crippen LogP contribution in [0.3, 0.4) is 0 Å². The number of hydrogen-bond donors (Lipinski definition) is 1. The van der Waals surface area contributed by atoms with Crippen molar-refractivity contribution in [2.24, 2.45) is 5.92 Å². The zero-order valence-electron chi connectivity index (χ0n) is 11.5. The van der Waals surface area contributed by atoms with E-state index in [0.29, 0.717) is 0 Å². The van der Waals surface area contributed by atoms with Crippen LogP contribution >= 0.6 is 0 Å². The summed E-state index contributed by atoms with van der Waals surface area (Å²) in [5.41, 5.74) is 5.11. The molecular formula is C12H17FN2O4S. The Labute approximate surface area is 117 Å². The number of sulfonamides is 1. The number of rotatable bonds is 5. The summed E-state index contributed by atoms with van der Waals surface area (Å²) in [5, 5.41) is 0. The van der Waals surface area contributed by atoms with E-state index in [-0.39, 0.29) is 17.1 Å². The summed E-state index contributed by atoms with van der Waals surface area (Å²) < 4.78 is 43.1. The van der Waals surface area contributed by atoms with Gasteiger partial charge in [0.05, 0.1) is 23.6 Å². The molecule has 0 bridgehead atoms. The second-order valence-electron chi connectivity index (χ2n) is 4.39. The lowest BCUT2D eigenvalue weighted by molar-refractivity contribution is -0.144. The molecule has 20 heavy (non-hydrogen) atoms. The topological polar surface area (TPSA) is 89.7 Å². The Bertz CT molecular complexity index is 603.